The molecule has 0 heterocycles. The van der Waals surface area contributed by atoms with E-state index in [0.29, 0.717) is 18.9 Å². The molecule has 2 fully saturated rings. The Balaban J connectivity index is 1.79. The predicted molar refractivity (Wildman–Crippen MR) is 61.0 cm³/mol. The van der Waals surface area contributed by atoms with Crippen LogP contribution in [0.4, 0.5) is 13.2 Å². The molecule has 104 valence electrons. The summed E-state index contributed by atoms with van der Waals surface area (Å²) in [7, 11) is 0. The van der Waals surface area contributed by atoms with E-state index in [0.717, 1.165) is 30.6 Å². The average Bonchev–Trinajstić information content (AvgIpc) is 2.98. The standard InChI is InChI=1S/C12H19F3N2O/c13-12(14,15)8-17(10-5-6-10)11(18)7-16-9-3-1-2-4-9/h9-10,16H,1-8H2. The second-order valence-electron chi connectivity index (χ2n) is 5.23. The van der Waals surface area contributed by atoms with Gasteiger partial charge in [0.2, 0.25) is 5.91 Å². The minimum absolute atomic E-state index is 0.0389. The van der Waals surface area contributed by atoms with Crippen LogP contribution in [0.25, 0.3) is 0 Å². The number of carbonyl (C=O) groups is 1. The Hall–Kier alpha value is -0.780. The van der Waals surface area contributed by atoms with Gasteiger partial charge in [-0.05, 0) is 25.7 Å². The number of rotatable bonds is 5. The second-order valence-corrected chi connectivity index (χ2v) is 5.23. The van der Waals surface area contributed by atoms with Crippen molar-refractivity contribution in [2.24, 2.45) is 0 Å². The van der Waals surface area contributed by atoms with Gasteiger partial charge in [0.1, 0.15) is 6.54 Å². The van der Waals surface area contributed by atoms with Crippen LogP contribution in [-0.4, -0.2) is 42.2 Å². The monoisotopic (exact) mass is 264 g/mol. The molecular formula is C12H19F3N2O. The van der Waals surface area contributed by atoms with Gasteiger partial charge < -0.3 is 10.2 Å². The summed E-state index contributed by atoms with van der Waals surface area (Å²) in [5, 5.41) is 3.07. The fourth-order valence-corrected chi connectivity index (χ4v) is 2.46. The number of nitrogens with one attached hydrogen (secondary N) is 1. The highest BCUT2D eigenvalue weighted by atomic mass is 19.4. The maximum atomic E-state index is 12.4. The molecule has 0 aliphatic heterocycles. The highest BCUT2D eigenvalue weighted by Crippen LogP contribution is 2.30. The van der Waals surface area contributed by atoms with Crippen molar-refractivity contribution >= 4 is 5.91 Å². The minimum atomic E-state index is -4.30. The third-order valence-corrected chi connectivity index (χ3v) is 3.55. The molecule has 0 aromatic rings. The van der Waals surface area contributed by atoms with Crippen LogP contribution in [0, 0.1) is 0 Å². The van der Waals surface area contributed by atoms with Crippen LogP contribution in [0.5, 0.6) is 0 Å². The zero-order valence-corrected chi connectivity index (χ0v) is 10.3. The quantitative estimate of drug-likeness (QED) is 0.824. The normalized spacial score (nSPS) is 21.3. The van der Waals surface area contributed by atoms with Crippen LogP contribution >= 0.6 is 0 Å². The maximum Gasteiger partial charge on any atom is 0.406 e. The number of amides is 1. The number of nitrogens with zero attached hydrogens (tertiary/aromatic N) is 1. The van der Waals surface area contributed by atoms with Gasteiger partial charge in [0.15, 0.2) is 0 Å². The summed E-state index contributed by atoms with van der Waals surface area (Å²) in [5.74, 6) is -0.415. The van der Waals surface area contributed by atoms with Gasteiger partial charge in [-0.2, -0.15) is 13.2 Å². The average molecular weight is 264 g/mol. The van der Waals surface area contributed by atoms with Gasteiger partial charge in [-0.1, -0.05) is 12.8 Å². The zero-order valence-electron chi connectivity index (χ0n) is 10.3. The van der Waals surface area contributed by atoms with Crippen LogP contribution in [0.2, 0.25) is 0 Å². The Kier molecular flexibility index (Phi) is 4.14. The summed E-state index contributed by atoms with van der Waals surface area (Å²) in [6.07, 6.45) is 1.43. The van der Waals surface area contributed by atoms with E-state index >= 15 is 0 Å². The summed E-state index contributed by atoms with van der Waals surface area (Å²) in [4.78, 5) is 12.8. The van der Waals surface area contributed by atoms with Crippen molar-refractivity contribution in [2.75, 3.05) is 13.1 Å². The topological polar surface area (TPSA) is 32.3 Å². The molecule has 3 nitrogen and oxygen atoms in total. The van der Waals surface area contributed by atoms with E-state index in [4.69, 9.17) is 0 Å². The van der Waals surface area contributed by atoms with Gasteiger partial charge >= 0.3 is 6.18 Å². The van der Waals surface area contributed by atoms with Crippen molar-refractivity contribution in [2.45, 2.75) is 56.8 Å². The number of alkyl halides is 3. The number of halogens is 3. The van der Waals surface area contributed by atoms with E-state index in [1.165, 1.54) is 0 Å². The molecular weight excluding hydrogens is 245 g/mol. The van der Waals surface area contributed by atoms with Crippen molar-refractivity contribution < 1.29 is 18.0 Å². The van der Waals surface area contributed by atoms with Gasteiger partial charge in [-0.25, -0.2) is 0 Å². The Labute approximate surface area is 105 Å². The first-order valence-electron chi connectivity index (χ1n) is 6.55. The van der Waals surface area contributed by atoms with E-state index in [1.54, 1.807) is 0 Å². The molecule has 1 amide bonds. The van der Waals surface area contributed by atoms with E-state index in [1.807, 2.05) is 0 Å². The van der Waals surface area contributed by atoms with Gasteiger partial charge in [0.25, 0.3) is 0 Å². The van der Waals surface area contributed by atoms with Crippen molar-refractivity contribution in [1.29, 1.82) is 0 Å². The molecule has 0 aromatic carbocycles. The van der Waals surface area contributed by atoms with Gasteiger partial charge in [0, 0.05) is 12.1 Å². The van der Waals surface area contributed by atoms with Gasteiger partial charge in [-0.15, -0.1) is 0 Å². The Morgan fingerprint density at radius 1 is 1.17 bits per heavy atom. The molecule has 0 bridgehead atoms. The minimum Gasteiger partial charge on any atom is -0.330 e. The molecule has 0 unspecified atom stereocenters. The van der Waals surface area contributed by atoms with Crippen molar-refractivity contribution in [3.8, 4) is 0 Å². The summed E-state index contributed by atoms with van der Waals surface area (Å²) < 4.78 is 37.1. The first kappa shape index (κ1) is 13.6. The Morgan fingerprint density at radius 3 is 2.28 bits per heavy atom. The molecule has 2 aliphatic carbocycles. The fourth-order valence-electron chi connectivity index (χ4n) is 2.46. The van der Waals surface area contributed by atoms with Crippen molar-refractivity contribution in [3.63, 3.8) is 0 Å². The lowest BCUT2D eigenvalue weighted by molar-refractivity contribution is -0.161. The summed E-state index contributed by atoms with van der Waals surface area (Å²) in [6, 6.07) is 0.116. The van der Waals surface area contributed by atoms with Crippen LogP contribution in [-0.2, 0) is 4.79 Å². The molecule has 2 saturated carbocycles. The molecule has 0 aromatic heterocycles. The Morgan fingerprint density at radius 2 is 1.78 bits per heavy atom. The third-order valence-electron chi connectivity index (χ3n) is 3.55. The first-order chi connectivity index (χ1) is 8.46. The molecule has 18 heavy (non-hydrogen) atoms. The Bertz CT molecular complexity index is 296. The zero-order chi connectivity index (χ0) is 13.2. The number of hydrogen-bond donors (Lipinski definition) is 1. The largest absolute Gasteiger partial charge is 0.406 e. The number of carbonyl (C=O) groups excluding carboxylic acids is 1. The van der Waals surface area contributed by atoms with Gasteiger partial charge in [-0.3, -0.25) is 4.79 Å². The first-order valence-corrected chi connectivity index (χ1v) is 6.55. The maximum absolute atomic E-state index is 12.4. The van der Waals surface area contributed by atoms with Crippen LogP contribution < -0.4 is 5.32 Å². The van der Waals surface area contributed by atoms with Crippen LogP contribution in [0.1, 0.15) is 38.5 Å². The van der Waals surface area contributed by atoms with E-state index in [-0.39, 0.29) is 12.6 Å². The summed E-state index contributed by atoms with van der Waals surface area (Å²) in [6.45, 7) is -1.07. The molecule has 0 atom stereocenters. The highest BCUT2D eigenvalue weighted by molar-refractivity contribution is 5.79. The molecule has 2 aliphatic rings. The SMILES string of the molecule is O=C(CNC1CCCC1)N(CC(F)(F)F)C1CC1. The van der Waals surface area contributed by atoms with E-state index in [2.05, 4.69) is 5.32 Å². The molecule has 0 radical (unpaired) electrons. The summed E-state index contributed by atoms with van der Waals surface area (Å²) in [5.41, 5.74) is 0. The van der Waals surface area contributed by atoms with Crippen molar-refractivity contribution in [3.05, 3.63) is 0 Å². The van der Waals surface area contributed by atoms with Crippen LogP contribution in [0.3, 0.4) is 0 Å². The highest BCUT2D eigenvalue weighted by Gasteiger charge is 2.40. The molecule has 2 rings (SSSR count). The number of hydrogen-bond acceptors (Lipinski definition) is 2. The van der Waals surface area contributed by atoms with Crippen LogP contribution in [0.15, 0.2) is 0 Å². The van der Waals surface area contributed by atoms with Crippen molar-refractivity contribution in [1.82, 2.24) is 10.2 Å². The lowest BCUT2D eigenvalue weighted by Crippen LogP contribution is -2.46. The van der Waals surface area contributed by atoms with E-state index < -0.39 is 18.6 Å². The second kappa shape index (κ2) is 5.47. The third kappa shape index (κ3) is 4.15. The lowest BCUT2D eigenvalue weighted by Gasteiger charge is -2.24. The predicted octanol–water partition coefficient (Wildman–Crippen LogP) is 2.07. The summed E-state index contributed by atoms with van der Waals surface area (Å²) >= 11 is 0. The van der Waals surface area contributed by atoms with E-state index in [9.17, 15) is 18.0 Å². The molecule has 6 heteroatoms. The van der Waals surface area contributed by atoms with Gasteiger partial charge in [0.05, 0.1) is 6.54 Å². The lowest BCUT2D eigenvalue weighted by atomic mass is 10.2. The fraction of sp³-hybridized carbons (Fsp3) is 0.917. The molecule has 0 spiro atoms. The molecule has 0 saturated heterocycles. The molecule has 1 N–H and O–H groups in total. The smallest absolute Gasteiger partial charge is 0.330 e.